The lowest BCUT2D eigenvalue weighted by atomic mass is 9.84. The van der Waals surface area contributed by atoms with E-state index in [0.29, 0.717) is 11.3 Å². The van der Waals surface area contributed by atoms with Gasteiger partial charge in [0, 0.05) is 24.9 Å². The lowest BCUT2D eigenvalue weighted by Gasteiger charge is -2.29. The minimum Gasteiger partial charge on any atom is -0.465 e. The van der Waals surface area contributed by atoms with Gasteiger partial charge in [0.15, 0.2) is 5.03 Å². The normalized spacial score (nSPS) is 13.0. The number of pyridine rings is 1. The number of benzene rings is 1. The van der Waals surface area contributed by atoms with E-state index in [1.165, 1.54) is 53.5 Å². The van der Waals surface area contributed by atoms with Crippen LogP contribution >= 0.6 is 0 Å². The van der Waals surface area contributed by atoms with Gasteiger partial charge in [-0.25, -0.2) is 22.3 Å². The summed E-state index contributed by atoms with van der Waals surface area (Å²) in [5, 5.41) is 16.0. The van der Waals surface area contributed by atoms with Crippen molar-refractivity contribution in [2.24, 2.45) is 5.41 Å². The van der Waals surface area contributed by atoms with E-state index in [2.05, 4.69) is 15.4 Å². The fourth-order valence-electron chi connectivity index (χ4n) is 3.24. The van der Waals surface area contributed by atoms with Gasteiger partial charge in [-0.1, -0.05) is 26.8 Å². The average Bonchev–Trinajstić information content (AvgIpc) is 3.13. The van der Waals surface area contributed by atoms with Gasteiger partial charge < -0.3 is 10.4 Å². The van der Waals surface area contributed by atoms with Crippen LogP contribution in [0.4, 0.5) is 9.18 Å². The van der Waals surface area contributed by atoms with Crippen LogP contribution in [-0.4, -0.2) is 40.4 Å². The summed E-state index contributed by atoms with van der Waals surface area (Å²) in [6, 6.07) is 7.82. The molecule has 1 unspecified atom stereocenters. The van der Waals surface area contributed by atoms with Crippen molar-refractivity contribution in [3.8, 4) is 5.69 Å². The molecule has 1 amide bonds. The lowest BCUT2D eigenvalue weighted by Crippen LogP contribution is -2.44. The average molecular weight is 461 g/mol. The lowest BCUT2D eigenvalue weighted by molar-refractivity contribution is 0.174. The molecule has 0 fully saturated rings. The van der Waals surface area contributed by atoms with Gasteiger partial charge in [-0.05, 0) is 48.2 Å². The first-order valence-corrected chi connectivity index (χ1v) is 11.4. The molecule has 0 aliphatic carbocycles. The van der Waals surface area contributed by atoms with Crippen LogP contribution in [0.25, 0.3) is 5.69 Å². The van der Waals surface area contributed by atoms with Crippen molar-refractivity contribution in [1.29, 1.82) is 0 Å². The molecule has 1 atom stereocenters. The van der Waals surface area contributed by atoms with Crippen LogP contribution in [0.15, 0.2) is 58.7 Å². The molecule has 2 aromatic heterocycles. The van der Waals surface area contributed by atoms with Crippen LogP contribution in [0.1, 0.15) is 32.0 Å². The maximum absolute atomic E-state index is 14.0. The smallest absolute Gasteiger partial charge is 0.404 e. The number of rotatable bonds is 6. The van der Waals surface area contributed by atoms with Gasteiger partial charge in [-0.2, -0.15) is 5.10 Å². The van der Waals surface area contributed by atoms with Crippen LogP contribution in [0, 0.1) is 18.2 Å². The zero-order valence-electron chi connectivity index (χ0n) is 18.2. The largest absolute Gasteiger partial charge is 0.465 e. The Bertz CT molecular complexity index is 1230. The Hall–Kier alpha value is -3.27. The summed E-state index contributed by atoms with van der Waals surface area (Å²) in [4.78, 5) is 15.1. The SMILES string of the molecule is Cc1ccc(F)cc1-n1nc(CC(NC(=O)O)C(C)(C)C)cc1S(=O)(=O)c1cccnc1. The minimum atomic E-state index is -4.04. The second-order valence-electron chi connectivity index (χ2n) is 8.58. The number of hydrogen-bond acceptors (Lipinski definition) is 5. The molecule has 1 aromatic carbocycles. The molecule has 0 saturated heterocycles. The summed E-state index contributed by atoms with van der Waals surface area (Å²) < 4.78 is 42.0. The van der Waals surface area contributed by atoms with Gasteiger partial charge in [0.25, 0.3) is 0 Å². The van der Waals surface area contributed by atoms with Crippen molar-refractivity contribution < 1.29 is 22.7 Å². The second-order valence-corrected chi connectivity index (χ2v) is 10.5. The maximum Gasteiger partial charge on any atom is 0.404 e. The molecule has 0 saturated carbocycles. The predicted molar refractivity (Wildman–Crippen MR) is 116 cm³/mol. The van der Waals surface area contributed by atoms with E-state index in [9.17, 15) is 22.7 Å². The van der Waals surface area contributed by atoms with Gasteiger partial charge >= 0.3 is 6.09 Å². The number of hydrogen-bond donors (Lipinski definition) is 2. The highest BCUT2D eigenvalue weighted by Gasteiger charge is 2.30. The number of aryl methyl sites for hydroxylation is 1. The summed E-state index contributed by atoms with van der Waals surface area (Å²) in [6.07, 6.45) is 1.65. The van der Waals surface area contributed by atoms with Gasteiger partial charge in [-0.3, -0.25) is 4.98 Å². The highest BCUT2D eigenvalue weighted by Crippen LogP contribution is 2.28. The molecule has 0 bridgehead atoms. The second kappa shape index (κ2) is 8.70. The Labute approximate surface area is 186 Å². The van der Waals surface area contributed by atoms with Crippen LogP contribution in [-0.2, 0) is 16.3 Å². The number of nitrogens with one attached hydrogen (secondary N) is 1. The number of sulfone groups is 1. The summed E-state index contributed by atoms with van der Waals surface area (Å²) in [6.45, 7) is 7.33. The molecule has 8 nitrogen and oxygen atoms in total. The number of carbonyl (C=O) groups is 1. The zero-order valence-corrected chi connectivity index (χ0v) is 19.0. The standard InChI is InChI=1S/C22H25FN4O4S/c1-14-7-8-15(23)10-18(14)27-20(32(30,31)17-6-5-9-24-13-17)12-16(26-27)11-19(22(2,3)4)25-21(28)29/h5-10,12-13,19,25H,11H2,1-4H3,(H,28,29). The summed E-state index contributed by atoms with van der Waals surface area (Å²) in [5.41, 5.74) is 0.793. The molecule has 0 spiro atoms. The van der Waals surface area contributed by atoms with Crippen LogP contribution in [0.5, 0.6) is 0 Å². The molecule has 32 heavy (non-hydrogen) atoms. The molecular weight excluding hydrogens is 435 g/mol. The first-order chi connectivity index (χ1) is 14.9. The molecule has 2 N–H and O–H groups in total. The van der Waals surface area contributed by atoms with Gasteiger partial charge in [0.2, 0.25) is 9.84 Å². The highest BCUT2D eigenvalue weighted by atomic mass is 32.2. The molecule has 10 heteroatoms. The maximum atomic E-state index is 14.0. The third-order valence-corrected chi connectivity index (χ3v) is 6.81. The van der Waals surface area contributed by atoms with E-state index in [4.69, 9.17) is 0 Å². The monoisotopic (exact) mass is 460 g/mol. The van der Waals surface area contributed by atoms with E-state index in [-0.39, 0.29) is 22.0 Å². The van der Waals surface area contributed by atoms with Gasteiger partial charge in [0.05, 0.1) is 16.3 Å². The number of nitrogens with zero attached hydrogens (tertiary/aromatic N) is 3. The quantitative estimate of drug-likeness (QED) is 0.579. The van der Waals surface area contributed by atoms with Crippen LogP contribution in [0.3, 0.4) is 0 Å². The highest BCUT2D eigenvalue weighted by molar-refractivity contribution is 7.91. The number of carboxylic acid groups (broad SMARTS) is 1. The number of aromatic nitrogens is 3. The van der Waals surface area contributed by atoms with Crippen molar-refractivity contribution >= 4 is 15.9 Å². The first kappa shape index (κ1) is 23.4. The molecule has 0 aliphatic rings. The fourth-order valence-corrected chi connectivity index (χ4v) is 4.60. The van der Waals surface area contributed by atoms with Crippen molar-refractivity contribution in [3.63, 3.8) is 0 Å². The Balaban J connectivity index is 2.18. The Morgan fingerprint density at radius 3 is 2.56 bits per heavy atom. The number of halogens is 1. The van der Waals surface area contributed by atoms with E-state index in [1.54, 1.807) is 6.92 Å². The fraction of sp³-hybridized carbons (Fsp3) is 0.318. The third kappa shape index (κ3) is 4.96. The van der Waals surface area contributed by atoms with Crippen LogP contribution in [0.2, 0.25) is 0 Å². The Morgan fingerprint density at radius 1 is 1.25 bits per heavy atom. The zero-order chi connectivity index (χ0) is 23.7. The van der Waals surface area contributed by atoms with E-state index >= 15 is 0 Å². The topological polar surface area (TPSA) is 114 Å². The van der Waals surface area contributed by atoms with Crippen molar-refractivity contribution in [1.82, 2.24) is 20.1 Å². The predicted octanol–water partition coefficient (Wildman–Crippen LogP) is 3.77. The minimum absolute atomic E-state index is 0.0298. The Kier molecular flexibility index (Phi) is 6.36. The van der Waals surface area contributed by atoms with Crippen molar-refractivity contribution in [2.45, 2.75) is 50.1 Å². The van der Waals surface area contributed by atoms with E-state index < -0.39 is 33.2 Å². The third-order valence-electron chi connectivity index (χ3n) is 5.10. The van der Waals surface area contributed by atoms with Crippen LogP contribution < -0.4 is 5.32 Å². The molecule has 170 valence electrons. The molecule has 2 heterocycles. The summed E-state index contributed by atoms with van der Waals surface area (Å²) >= 11 is 0. The van der Waals surface area contributed by atoms with E-state index in [1.807, 2.05) is 20.8 Å². The molecule has 0 radical (unpaired) electrons. The molecular formula is C22H25FN4O4S. The molecule has 3 aromatic rings. The molecule has 0 aliphatic heterocycles. The van der Waals surface area contributed by atoms with E-state index in [0.717, 1.165) is 0 Å². The van der Waals surface area contributed by atoms with Crippen molar-refractivity contribution in [3.05, 3.63) is 65.9 Å². The summed E-state index contributed by atoms with van der Waals surface area (Å²) in [7, 11) is -4.04. The Morgan fingerprint density at radius 2 is 1.97 bits per heavy atom. The molecule has 3 rings (SSSR count). The van der Waals surface area contributed by atoms with Gasteiger partial charge in [0.1, 0.15) is 5.82 Å². The number of amides is 1. The summed E-state index contributed by atoms with van der Waals surface area (Å²) in [5.74, 6) is -0.535. The first-order valence-electron chi connectivity index (χ1n) is 9.89. The van der Waals surface area contributed by atoms with Crippen molar-refractivity contribution in [2.75, 3.05) is 0 Å². The van der Waals surface area contributed by atoms with Gasteiger partial charge in [-0.15, -0.1) is 0 Å².